The van der Waals surface area contributed by atoms with Gasteiger partial charge in [-0.2, -0.15) is 13.2 Å². The van der Waals surface area contributed by atoms with E-state index in [9.17, 15) is 18.0 Å². The van der Waals surface area contributed by atoms with E-state index in [1.54, 1.807) is 19.1 Å². The van der Waals surface area contributed by atoms with Crippen molar-refractivity contribution in [3.63, 3.8) is 0 Å². The summed E-state index contributed by atoms with van der Waals surface area (Å²) in [5, 5.41) is 0. The molecule has 34 heavy (non-hydrogen) atoms. The molecule has 190 valence electrons. The van der Waals surface area contributed by atoms with Gasteiger partial charge in [-0.25, -0.2) is 0 Å². The van der Waals surface area contributed by atoms with E-state index in [4.69, 9.17) is 14.2 Å². The maximum atomic E-state index is 13.4. The number of aromatic nitrogens is 1. The molecule has 0 radical (unpaired) electrons. The van der Waals surface area contributed by atoms with Crippen LogP contribution in [0.3, 0.4) is 0 Å². The number of ether oxygens (including phenoxy) is 3. The first kappa shape index (κ1) is 25.3. The van der Waals surface area contributed by atoms with E-state index in [1.165, 1.54) is 0 Å². The number of alkyl halides is 3. The smallest absolute Gasteiger partial charge is 0.383 e. The average molecular weight is 486 g/mol. The molecule has 4 atom stereocenters. The largest absolute Gasteiger partial charge is 0.417 e. The summed E-state index contributed by atoms with van der Waals surface area (Å²) in [6.45, 7) is 3.27. The molecule has 3 aliphatic rings. The van der Waals surface area contributed by atoms with Crippen LogP contribution in [0.1, 0.15) is 42.5 Å². The van der Waals surface area contributed by atoms with Crippen molar-refractivity contribution in [2.75, 3.05) is 47.1 Å². The molecular formula is C24H34F3N3O4. The number of amides is 1. The Morgan fingerprint density at radius 3 is 2.85 bits per heavy atom. The number of hydrogen-bond donors (Lipinski definition) is 0. The predicted molar refractivity (Wildman–Crippen MR) is 118 cm³/mol. The van der Waals surface area contributed by atoms with E-state index in [1.807, 2.05) is 0 Å². The maximum absolute atomic E-state index is 13.4. The molecule has 1 aliphatic carbocycles. The number of hydrogen-bond acceptors (Lipinski definition) is 6. The molecule has 3 heterocycles. The first-order chi connectivity index (χ1) is 16.3. The molecule has 4 unspecified atom stereocenters. The quantitative estimate of drug-likeness (QED) is 0.592. The number of fused-ring (bicyclic) bond motifs is 1. The van der Waals surface area contributed by atoms with E-state index in [0.717, 1.165) is 44.5 Å². The first-order valence-corrected chi connectivity index (χ1v) is 12.0. The van der Waals surface area contributed by atoms with Gasteiger partial charge in [-0.05, 0) is 37.3 Å². The Kier molecular flexibility index (Phi) is 8.12. The molecule has 0 N–H and O–H groups in total. The van der Waals surface area contributed by atoms with Crippen LogP contribution in [0.5, 0.6) is 0 Å². The van der Waals surface area contributed by atoms with Gasteiger partial charge in [0.25, 0.3) is 0 Å². The van der Waals surface area contributed by atoms with Crippen molar-refractivity contribution in [1.29, 1.82) is 0 Å². The fraction of sp³-hybridized carbons (Fsp3) is 0.750. The molecule has 1 aromatic heterocycles. The van der Waals surface area contributed by atoms with Crippen molar-refractivity contribution in [2.45, 2.75) is 63.0 Å². The van der Waals surface area contributed by atoms with Crippen molar-refractivity contribution in [2.24, 2.45) is 5.92 Å². The van der Waals surface area contributed by atoms with E-state index in [0.29, 0.717) is 44.0 Å². The van der Waals surface area contributed by atoms with Gasteiger partial charge < -0.3 is 19.1 Å². The fourth-order valence-corrected chi connectivity index (χ4v) is 5.63. The molecule has 7 nitrogen and oxygen atoms in total. The number of halogens is 3. The summed E-state index contributed by atoms with van der Waals surface area (Å²) in [7, 11) is 3.39. The van der Waals surface area contributed by atoms with Crippen molar-refractivity contribution < 1.29 is 32.2 Å². The van der Waals surface area contributed by atoms with Gasteiger partial charge in [-0.15, -0.1) is 0 Å². The van der Waals surface area contributed by atoms with Crippen LogP contribution < -0.4 is 0 Å². The van der Waals surface area contributed by atoms with Crippen LogP contribution in [0.4, 0.5) is 13.2 Å². The molecule has 2 aliphatic heterocycles. The summed E-state index contributed by atoms with van der Waals surface area (Å²) in [4.78, 5) is 21.5. The zero-order valence-electron chi connectivity index (χ0n) is 19.9. The van der Waals surface area contributed by atoms with Crippen molar-refractivity contribution >= 4 is 5.91 Å². The highest BCUT2D eigenvalue weighted by Gasteiger charge is 2.41. The zero-order valence-corrected chi connectivity index (χ0v) is 19.9. The summed E-state index contributed by atoms with van der Waals surface area (Å²) in [6, 6.07) is 1.59. The van der Waals surface area contributed by atoms with E-state index in [2.05, 4.69) is 9.88 Å². The van der Waals surface area contributed by atoms with Crippen LogP contribution in [0.2, 0.25) is 0 Å². The molecule has 10 heteroatoms. The topological polar surface area (TPSA) is 64.1 Å². The molecule has 1 aromatic rings. The number of carbonyl (C=O) groups excluding carboxylic acids is 1. The van der Waals surface area contributed by atoms with Crippen molar-refractivity contribution in [3.8, 4) is 0 Å². The molecular weight excluding hydrogens is 451 g/mol. The SMILES string of the molecule is COCCN(C1CCC(C(=O)N2CCc3ncc(C(F)(F)F)cc3C2)C1)C1CCOCC1OC. The minimum absolute atomic E-state index is 0.0192. The number of carbonyl (C=O) groups is 1. The third-order valence-corrected chi connectivity index (χ3v) is 7.45. The van der Waals surface area contributed by atoms with Crippen LogP contribution in [-0.4, -0.2) is 86.0 Å². The molecule has 1 saturated heterocycles. The lowest BCUT2D eigenvalue weighted by Gasteiger charge is -2.42. The van der Waals surface area contributed by atoms with Crippen molar-refractivity contribution in [1.82, 2.24) is 14.8 Å². The Morgan fingerprint density at radius 2 is 2.12 bits per heavy atom. The van der Waals surface area contributed by atoms with Gasteiger partial charge in [-0.3, -0.25) is 14.7 Å². The van der Waals surface area contributed by atoms with Gasteiger partial charge >= 0.3 is 6.18 Å². The molecule has 2 fully saturated rings. The van der Waals surface area contributed by atoms with Crippen LogP contribution in [0.25, 0.3) is 0 Å². The van der Waals surface area contributed by atoms with Crippen LogP contribution in [-0.2, 0) is 38.1 Å². The van der Waals surface area contributed by atoms with Gasteiger partial charge in [0, 0.05) is 76.8 Å². The standard InChI is InChI=1S/C24H34F3N3O4/c1-32-10-8-30(21-6-9-34-15-22(21)33-2)19-4-3-16(12-19)23(31)29-7-5-20-17(14-29)11-18(13-28-20)24(25,26)27/h11,13,16,19,21-22H,3-10,12,14-15H2,1-2H3. The first-order valence-electron chi connectivity index (χ1n) is 12.0. The van der Waals surface area contributed by atoms with E-state index in [-0.39, 0.29) is 36.6 Å². The highest BCUT2D eigenvalue weighted by molar-refractivity contribution is 5.79. The molecule has 1 saturated carbocycles. The highest BCUT2D eigenvalue weighted by Crippen LogP contribution is 2.35. The molecule has 0 aromatic carbocycles. The number of nitrogens with zero attached hydrogens (tertiary/aromatic N) is 3. The van der Waals surface area contributed by atoms with Gasteiger partial charge in [-0.1, -0.05) is 0 Å². The second-order valence-electron chi connectivity index (χ2n) is 9.44. The van der Waals surface area contributed by atoms with Crippen LogP contribution in [0, 0.1) is 5.92 Å². The lowest BCUT2D eigenvalue weighted by molar-refractivity contribution is -0.138. The second kappa shape index (κ2) is 10.9. The van der Waals surface area contributed by atoms with E-state index < -0.39 is 11.7 Å². The van der Waals surface area contributed by atoms with Gasteiger partial charge in [0.05, 0.1) is 24.9 Å². The monoisotopic (exact) mass is 485 g/mol. The van der Waals surface area contributed by atoms with Crippen molar-refractivity contribution in [3.05, 3.63) is 29.1 Å². The molecule has 0 bridgehead atoms. The summed E-state index contributed by atoms with van der Waals surface area (Å²) in [5.74, 6) is -0.0938. The Balaban J connectivity index is 1.42. The number of methoxy groups -OCH3 is 2. The van der Waals surface area contributed by atoms with E-state index >= 15 is 0 Å². The highest BCUT2D eigenvalue weighted by atomic mass is 19.4. The Bertz CT molecular complexity index is 853. The van der Waals surface area contributed by atoms with Crippen LogP contribution >= 0.6 is 0 Å². The molecule has 4 rings (SSSR count). The summed E-state index contributed by atoms with van der Waals surface area (Å²) < 4.78 is 56.0. The Morgan fingerprint density at radius 1 is 1.29 bits per heavy atom. The lowest BCUT2D eigenvalue weighted by Crippen LogP contribution is -2.54. The number of rotatable bonds is 7. The summed E-state index contributed by atoms with van der Waals surface area (Å²) >= 11 is 0. The predicted octanol–water partition coefficient (Wildman–Crippen LogP) is 2.91. The minimum atomic E-state index is -4.44. The Hall–Kier alpha value is -1.75. The fourth-order valence-electron chi connectivity index (χ4n) is 5.63. The number of pyridine rings is 1. The van der Waals surface area contributed by atoms with Gasteiger partial charge in [0.2, 0.25) is 5.91 Å². The maximum Gasteiger partial charge on any atom is 0.417 e. The normalized spacial score (nSPS) is 27.8. The second-order valence-corrected chi connectivity index (χ2v) is 9.44. The Labute approximate surface area is 198 Å². The lowest BCUT2D eigenvalue weighted by atomic mass is 9.98. The van der Waals surface area contributed by atoms with Crippen LogP contribution in [0.15, 0.2) is 12.3 Å². The zero-order chi connectivity index (χ0) is 24.3. The molecule has 1 amide bonds. The minimum Gasteiger partial charge on any atom is -0.383 e. The van der Waals surface area contributed by atoms with Gasteiger partial charge in [0.15, 0.2) is 0 Å². The molecule has 0 spiro atoms. The summed E-state index contributed by atoms with van der Waals surface area (Å²) in [5.41, 5.74) is 0.382. The third-order valence-electron chi connectivity index (χ3n) is 7.45. The summed E-state index contributed by atoms with van der Waals surface area (Å²) in [6.07, 6.45) is 0.187. The average Bonchev–Trinajstić information content (AvgIpc) is 3.33. The van der Waals surface area contributed by atoms with Gasteiger partial charge in [0.1, 0.15) is 0 Å². The third kappa shape index (κ3) is 5.56.